The van der Waals surface area contributed by atoms with Crippen molar-refractivity contribution in [2.75, 3.05) is 5.32 Å². The van der Waals surface area contributed by atoms with E-state index in [1.165, 1.54) is 19.3 Å². The molecule has 1 N–H and O–H groups in total. The predicted molar refractivity (Wildman–Crippen MR) is 81.9 cm³/mol. The first kappa shape index (κ1) is 14.8. The zero-order valence-electron chi connectivity index (χ0n) is 12.5. The fourth-order valence-corrected chi connectivity index (χ4v) is 3.26. The van der Waals surface area contributed by atoms with Gasteiger partial charge >= 0.3 is 0 Å². The van der Waals surface area contributed by atoms with Crippen molar-refractivity contribution in [1.82, 2.24) is 0 Å². The number of nitro groups is 1. The molecule has 0 aliphatic heterocycles. The molecule has 1 fully saturated rings. The van der Waals surface area contributed by atoms with Gasteiger partial charge in [0.05, 0.1) is 4.92 Å². The van der Waals surface area contributed by atoms with Crippen LogP contribution in [-0.2, 0) is 0 Å². The number of nitrogens with one attached hydrogen (secondary N) is 1. The van der Waals surface area contributed by atoms with Gasteiger partial charge in [0.25, 0.3) is 5.69 Å². The van der Waals surface area contributed by atoms with Crippen molar-refractivity contribution in [1.29, 1.82) is 0 Å². The van der Waals surface area contributed by atoms with E-state index in [1.807, 2.05) is 12.1 Å². The predicted octanol–water partition coefficient (Wildman–Crippen LogP) is 4.47. The molecule has 0 radical (unpaired) electrons. The van der Waals surface area contributed by atoms with E-state index in [9.17, 15) is 10.1 Å². The lowest BCUT2D eigenvalue weighted by atomic mass is 9.74. The van der Waals surface area contributed by atoms with Crippen LogP contribution in [0.25, 0.3) is 0 Å². The van der Waals surface area contributed by atoms with Crippen molar-refractivity contribution in [2.45, 2.75) is 46.1 Å². The van der Waals surface area contributed by atoms with Gasteiger partial charge in [-0.25, -0.2) is 0 Å². The molecule has 1 aromatic rings. The molecule has 2 rings (SSSR count). The topological polar surface area (TPSA) is 55.2 Å². The largest absolute Gasteiger partial charge is 0.382 e. The molecule has 1 saturated carbocycles. The molecule has 0 heterocycles. The van der Waals surface area contributed by atoms with Gasteiger partial charge in [0, 0.05) is 23.9 Å². The maximum Gasteiger partial charge on any atom is 0.269 e. The van der Waals surface area contributed by atoms with Crippen LogP contribution in [0, 0.1) is 27.9 Å². The van der Waals surface area contributed by atoms with E-state index in [0.717, 1.165) is 11.6 Å². The molecule has 0 bridgehead atoms. The van der Waals surface area contributed by atoms with E-state index in [4.69, 9.17) is 0 Å². The van der Waals surface area contributed by atoms with Crippen LogP contribution in [0.1, 0.15) is 40.0 Å². The normalized spacial score (nSPS) is 26.5. The van der Waals surface area contributed by atoms with Crippen LogP contribution in [-0.4, -0.2) is 11.0 Å². The number of benzene rings is 1. The zero-order valence-corrected chi connectivity index (χ0v) is 12.5. The molecule has 1 aromatic carbocycles. The summed E-state index contributed by atoms with van der Waals surface area (Å²) in [5.74, 6) is 2.10. The Balaban J connectivity index is 2.07. The molecule has 0 aromatic heterocycles. The molecule has 3 atom stereocenters. The first-order valence-electron chi connectivity index (χ1n) is 7.48. The first-order chi connectivity index (χ1) is 9.47. The highest BCUT2D eigenvalue weighted by Gasteiger charge is 2.30. The van der Waals surface area contributed by atoms with E-state index in [-0.39, 0.29) is 10.6 Å². The van der Waals surface area contributed by atoms with Crippen LogP contribution < -0.4 is 5.32 Å². The third-order valence-corrected chi connectivity index (χ3v) is 4.45. The van der Waals surface area contributed by atoms with Crippen molar-refractivity contribution in [3.05, 3.63) is 34.4 Å². The lowest BCUT2D eigenvalue weighted by molar-refractivity contribution is -0.384. The van der Waals surface area contributed by atoms with Gasteiger partial charge in [-0.15, -0.1) is 0 Å². The SMILES string of the molecule is CC1CCC(C(C)C)C(Nc2ccc([N+](=O)[O-])cc2)C1. The van der Waals surface area contributed by atoms with Gasteiger partial charge in [0.15, 0.2) is 0 Å². The van der Waals surface area contributed by atoms with Crippen molar-refractivity contribution < 1.29 is 4.92 Å². The average Bonchev–Trinajstić information content (AvgIpc) is 2.39. The fraction of sp³-hybridized carbons (Fsp3) is 0.625. The van der Waals surface area contributed by atoms with Gasteiger partial charge in [0.1, 0.15) is 0 Å². The molecular weight excluding hydrogens is 252 g/mol. The molecule has 110 valence electrons. The Kier molecular flexibility index (Phi) is 4.63. The molecule has 4 heteroatoms. The second-order valence-electron chi connectivity index (χ2n) is 6.38. The van der Waals surface area contributed by atoms with Crippen LogP contribution in [0.3, 0.4) is 0 Å². The summed E-state index contributed by atoms with van der Waals surface area (Å²) in [4.78, 5) is 10.3. The summed E-state index contributed by atoms with van der Waals surface area (Å²) < 4.78 is 0. The van der Waals surface area contributed by atoms with Gasteiger partial charge in [-0.2, -0.15) is 0 Å². The van der Waals surface area contributed by atoms with Gasteiger partial charge < -0.3 is 5.32 Å². The number of nitro benzene ring substituents is 1. The Morgan fingerprint density at radius 3 is 2.45 bits per heavy atom. The van der Waals surface area contributed by atoms with Gasteiger partial charge in [-0.1, -0.05) is 27.2 Å². The molecule has 4 nitrogen and oxygen atoms in total. The molecule has 0 spiro atoms. The Bertz CT molecular complexity index is 456. The number of hydrogen-bond donors (Lipinski definition) is 1. The number of non-ortho nitro benzene ring substituents is 1. The standard InChI is InChI=1S/C16H24N2O2/c1-11(2)15-9-4-12(3)10-16(15)17-13-5-7-14(8-6-13)18(19)20/h5-8,11-12,15-17H,4,9-10H2,1-3H3. The zero-order chi connectivity index (χ0) is 14.7. The van der Waals surface area contributed by atoms with Crippen LogP contribution in [0.4, 0.5) is 11.4 Å². The van der Waals surface area contributed by atoms with Crippen LogP contribution >= 0.6 is 0 Å². The van der Waals surface area contributed by atoms with E-state index in [1.54, 1.807) is 12.1 Å². The number of rotatable bonds is 4. The smallest absolute Gasteiger partial charge is 0.269 e. The molecule has 1 aliphatic carbocycles. The lowest BCUT2D eigenvalue weighted by Gasteiger charge is -2.38. The van der Waals surface area contributed by atoms with E-state index >= 15 is 0 Å². The summed E-state index contributed by atoms with van der Waals surface area (Å²) >= 11 is 0. The van der Waals surface area contributed by atoms with Crippen LogP contribution in [0.5, 0.6) is 0 Å². The minimum Gasteiger partial charge on any atom is -0.382 e. The van der Waals surface area contributed by atoms with E-state index in [0.29, 0.717) is 17.9 Å². The maximum atomic E-state index is 10.7. The number of hydrogen-bond acceptors (Lipinski definition) is 3. The molecule has 3 unspecified atom stereocenters. The highest BCUT2D eigenvalue weighted by atomic mass is 16.6. The van der Waals surface area contributed by atoms with Gasteiger partial charge in [0.2, 0.25) is 0 Å². The van der Waals surface area contributed by atoms with Crippen molar-refractivity contribution >= 4 is 11.4 Å². The molecule has 20 heavy (non-hydrogen) atoms. The molecule has 0 amide bonds. The Hall–Kier alpha value is -1.58. The number of nitrogens with zero attached hydrogens (tertiary/aromatic N) is 1. The highest BCUT2D eigenvalue weighted by molar-refractivity contribution is 5.49. The summed E-state index contributed by atoms with van der Waals surface area (Å²) in [5, 5.41) is 14.3. The second-order valence-corrected chi connectivity index (χ2v) is 6.38. The minimum atomic E-state index is -0.358. The average molecular weight is 276 g/mol. The summed E-state index contributed by atoms with van der Waals surface area (Å²) in [6.07, 6.45) is 3.75. The van der Waals surface area contributed by atoms with Gasteiger partial charge in [-0.3, -0.25) is 10.1 Å². The summed E-state index contributed by atoms with van der Waals surface area (Å²) in [5.41, 5.74) is 1.13. The Morgan fingerprint density at radius 2 is 1.90 bits per heavy atom. The minimum absolute atomic E-state index is 0.146. The maximum absolute atomic E-state index is 10.7. The second kappa shape index (κ2) is 6.25. The van der Waals surface area contributed by atoms with Crippen molar-refractivity contribution in [3.8, 4) is 0 Å². The Labute approximate surface area is 120 Å². The van der Waals surface area contributed by atoms with Crippen molar-refractivity contribution in [3.63, 3.8) is 0 Å². The quantitative estimate of drug-likeness (QED) is 0.652. The third kappa shape index (κ3) is 3.50. The summed E-state index contributed by atoms with van der Waals surface area (Å²) in [7, 11) is 0. The molecule has 0 saturated heterocycles. The summed E-state index contributed by atoms with van der Waals surface area (Å²) in [6.45, 7) is 6.87. The van der Waals surface area contributed by atoms with Crippen LogP contribution in [0.15, 0.2) is 24.3 Å². The van der Waals surface area contributed by atoms with Gasteiger partial charge in [-0.05, 0) is 42.7 Å². The number of anilines is 1. The lowest BCUT2D eigenvalue weighted by Crippen LogP contribution is -2.37. The fourth-order valence-electron chi connectivity index (χ4n) is 3.26. The van der Waals surface area contributed by atoms with Crippen LogP contribution in [0.2, 0.25) is 0 Å². The van der Waals surface area contributed by atoms with E-state index in [2.05, 4.69) is 26.1 Å². The highest BCUT2D eigenvalue weighted by Crippen LogP contribution is 2.35. The molecular formula is C16H24N2O2. The third-order valence-electron chi connectivity index (χ3n) is 4.45. The first-order valence-corrected chi connectivity index (χ1v) is 7.48. The van der Waals surface area contributed by atoms with E-state index < -0.39 is 0 Å². The molecule has 1 aliphatic rings. The monoisotopic (exact) mass is 276 g/mol. The summed E-state index contributed by atoms with van der Waals surface area (Å²) in [6, 6.07) is 7.24. The van der Waals surface area contributed by atoms with Crippen molar-refractivity contribution in [2.24, 2.45) is 17.8 Å². The Morgan fingerprint density at radius 1 is 1.25 bits per heavy atom.